The molecule has 0 aliphatic carbocycles. The number of imidazole rings is 2. The third-order valence-electron chi connectivity index (χ3n) is 4.78. The molecule has 2 N–H and O–H groups in total. The van der Waals surface area contributed by atoms with Gasteiger partial charge < -0.3 is 14.1 Å². The van der Waals surface area contributed by atoms with Crippen molar-refractivity contribution < 1.29 is 9.52 Å². The van der Waals surface area contributed by atoms with E-state index in [9.17, 15) is 5.11 Å². The van der Waals surface area contributed by atoms with Crippen LogP contribution in [0.5, 0.6) is 0 Å². The van der Waals surface area contributed by atoms with Crippen molar-refractivity contribution in [3.63, 3.8) is 0 Å². The van der Waals surface area contributed by atoms with Gasteiger partial charge in [0, 0.05) is 31.3 Å². The lowest BCUT2D eigenvalue weighted by Gasteiger charge is -2.07. The van der Waals surface area contributed by atoms with Gasteiger partial charge in [-0.15, -0.1) is 0 Å². The van der Waals surface area contributed by atoms with Gasteiger partial charge in [0.25, 0.3) is 0 Å². The van der Waals surface area contributed by atoms with E-state index in [1.54, 1.807) is 19.3 Å². The van der Waals surface area contributed by atoms with Crippen LogP contribution in [0.4, 0.5) is 0 Å². The standard InChI is InChI=1S/C20H18N6O2/c1-12(27)19-23-15-11-13(3-4-16(15)25(19)2)26-10-9-21-20(26)18-6-5-17(28-18)14-7-8-22-24-14/h3-12,27H,1-2H3,(H,22,24)/t12-/m1/s1. The predicted molar refractivity (Wildman–Crippen MR) is 104 cm³/mol. The first-order valence-electron chi connectivity index (χ1n) is 8.90. The normalized spacial score (nSPS) is 12.7. The molecule has 5 rings (SSSR count). The number of H-pyrrole nitrogens is 1. The van der Waals surface area contributed by atoms with Crippen LogP contribution in [-0.4, -0.2) is 34.4 Å². The highest BCUT2D eigenvalue weighted by molar-refractivity contribution is 5.79. The Balaban J connectivity index is 1.58. The Hall–Kier alpha value is -3.65. The SMILES string of the molecule is C[C@@H](O)c1nc2cc(-n3ccnc3-c3ccc(-c4ccn[nH]4)o3)ccc2n1C. The van der Waals surface area contributed by atoms with Gasteiger partial charge in [0.2, 0.25) is 0 Å². The number of aromatic amines is 1. The van der Waals surface area contributed by atoms with Gasteiger partial charge in [-0.1, -0.05) is 0 Å². The number of aliphatic hydroxyl groups is 1. The summed E-state index contributed by atoms with van der Waals surface area (Å²) in [7, 11) is 1.90. The van der Waals surface area contributed by atoms with Crippen LogP contribution >= 0.6 is 0 Å². The molecule has 4 aromatic heterocycles. The molecular formula is C20H18N6O2. The Kier molecular flexibility index (Phi) is 3.66. The van der Waals surface area contributed by atoms with Gasteiger partial charge in [0.15, 0.2) is 17.3 Å². The molecule has 0 radical (unpaired) electrons. The first-order valence-corrected chi connectivity index (χ1v) is 8.90. The highest BCUT2D eigenvalue weighted by Crippen LogP contribution is 2.29. The number of fused-ring (bicyclic) bond motifs is 1. The molecule has 5 aromatic rings. The van der Waals surface area contributed by atoms with Crippen molar-refractivity contribution in [1.82, 2.24) is 29.3 Å². The van der Waals surface area contributed by atoms with Gasteiger partial charge in [0.05, 0.1) is 11.0 Å². The highest BCUT2D eigenvalue weighted by atomic mass is 16.3. The summed E-state index contributed by atoms with van der Waals surface area (Å²) in [6, 6.07) is 11.6. The molecule has 0 saturated heterocycles. The number of nitrogens with zero attached hydrogens (tertiary/aromatic N) is 5. The molecule has 0 amide bonds. The van der Waals surface area contributed by atoms with Gasteiger partial charge in [-0.2, -0.15) is 5.10 Å². The molecule has 28 heavy (non-hydrogen) atoms. The van der Waals surface area contributed by atoms with Crippen LogP contribution < -0.4 is 0 Å². The Morgan fingerprint density at radius 3 is 2.75 bits per heavy atom. The summed E-state index contributed by atoms with van der Waals surface area (Å²) in [5.41, 5.74) is 3.49. The van der Waals surface area contributed by atoms with Gasteiger partial charge in [-0.05, 0) is 43.3 Å². The van der Waals surface area contributed by atoms with Gasteiger partial charge in [0.1, 0.15) is 17.6 Å². The summed E-state index contributed by atoms with van der Waals surface area (Å²) in [4.78, 5) is 9.03. The Labute approximate surface area is 160 Å². The van der Waals surface area contributed by atoms with Crippen molar-refractivity contribution in [2.24, 2.45) is 7.05 Å². The van der Waals surface area contributed by atoms with Crippen LogP contribution in [0, 0.1) is 0 Å². The van der Waals surface area contributed by atoms with Crippen molar-refractivity contribution in [3.8, 4) is 28.7 Å². The minimum atomic E-state index is -0.631. The summed E-state index contributed by atoms with van der Waals surface area (Å²) < 4.78 is 9.82. The maximum absolute atomic E-state index is 9.91. The molecule has 0 bridgehead atoms. The number of aryl methyl sites for hydroxylation is 1. The maximum atomic E-state index is 9.91. The minimum absolute atomic E-state index is 0.631. The van der Waals surface area contributed by atoms with Crippen molar-refractivity contribution >= 4 is 11.0 Å². The summed E-state index contributed by atoms with van der Waals surface area (Å²) in [5, 5.41) is 16.8. The van der Waals surface area contributed by atoms with E-state index in [-0.39, 0.29) is 0 Å². The van der Waals surface area contributed by atoms with Crippen LogP contribution in [-0.2, 0) is 7.05 Å². The lowest BCUT2D eigenvalue weighted by Crippen LogP contribution is -2.01. The number of aromatic nitrogens is 6. The van der Waals surface area contributed by atoms with E-state index < -0.39 is 6.10 Å². The zero-order valence-corrected chi connectivity index (χ0v) is 15.4. The molecule has 1 atom stereocenters. The van der Waals surface area contributed by atoms with Gasteiger partial charge >= 0.3 is 0 Å². The molecule has 0 fully saturated rings. The van der Waals surface area contributed by atoms with E-state index in [0.29, 0.717) is 23.2 Å². The third kappa shape index (κ3) is 2.54. The van der Waals surface area contributed by atoms with Crippen molar-refractivity contribution in [2.45, 2.75) is 13.0 Å². The fourth-order valence-electron chi connectivity index (χ4n) is 3.42. The largest absolute Gasteiger partial charge is 0.451 e. The van der Waals surface area contributed by atoms with Crippen molar-refractivity contribution in [2.75, 3.05) is 0 Å². The molecule has 8 heteroatoms. The minimum Gasteiger partial charge on any atom is -0.451 e. The Morgan fingerprint density at radius 2 is 1.96 bits per heavy atom. The van der Waals surface area contributed by atoms with Crippen LogP contribution in [0.15, 0.2) is 59.4 Å². The lowest BCUT2D eigenvalue weighted by atomic mass is 10.2. The van der Waals surface area contributed by atoms with E-state index in [4.69, 9.17) is 4.42 Å². The van der Waals surface area contributed by atoms with Crippen LogP contribution in [0.2, 0.25) is 0 Å². The smallest absolute Gasteiger partial charge is 0.180 e. The number of furan rings is 1. The number of nitrogens with one attached hydrogen (secondary N) is 1. The summed E-state index contributed by atoms with van der Waals surface area (Å²) in [6.45, 7) is 1.71. The second-order valence-electron chi connectivity index (χ2n) is 6.63. The second kappa shape index (κ2) is 6.21. The molecule has 0 saturated carbocycles. The number of rotatable bonds is 4. The molecule has 0 aliphatic rings. The van der Waals surface area contributed by atoms with Gasteiger partial charge in [-0.3, -0.25) is 9.67 Å². The molecule has 8 nitrogen and oxygen atoms in total. The third-order valence-corrected chi connectivity index (χ3v) is 4.78. The molecular weight excluding hydrogens is 356 g/mol. The molecule has 1 aromatic carbocycles. The number of aliphatic hydroxyl groups excluding tert-OH is 1. The Morgan fingerprint density at radius 1 is 1.11 bits per heavy atom. The van der Waals surface area contributed by atoms with E-state index in [1.807, 2.05) is 58.8 Å². The fraction of sp³-hybridized carbons (Fsp3) is 0.150. The topological polar surface area (TPSA) is 97.7 Å². The summed E-state index contributed by atoms with van der Waals surface area (Å²) in [6.07, 6.45) is 4.67. The van der Waals surface area contributed by atoms with Gasteiger partial charge in [-0.25, -0.2) is 9.97 Å². The van der Waals surface area contributed by atoms with Crippen molar-refractivity contribution in [1.29, 1.82) is 0 Å². The molecule has 0 spiro atoms. The van der Waals surface area contributed by atoms with Crippen LogP contribution in [0.1, 0.15) is 18.9 Å². The van der Waals surface area contributed by atoms with E-state index in [1.165, 1.54) is 0 Å². The number of benzene rings is 1. The van der Waals surface area contributed by atoms with E-state index in [2.05, 4.69) is 20.2 Å². The van der Waals surface area contributed by atoms with Crippen LogP contribution in [0.25, 0.3) is 39.8 Å². The average molecular weight is 374 g/mol. The Bertz CT molecular complexity index is 1260. The number of hydrogen-bond donors (Lipinski definition) is 2. The first-order chi connectivity index (χ1) is 13.6. The predicted octanol–water partition coefficient (Wildman–Crippen LogP) is 3.46. The zero-order valence-electron chi connectivity index (χ0n) is 15.4. The molecule has 0 unspecified atom stereocenters. The molecule has 140 valence electrons. The maximum Gasteiger partial charge on any atom is 0.180 e. The molecule has 4 heterocycles. The zero-order chi connectivity index (χ0) is 19.3. The average Bonchev–Trinajstić information content (AvgIpc) is 3.46. The highest BCUT2D eigenvalue weighted by Gasteiger charge is 2.16. The fourth-order valence-corrected chi connectivity index (χ4v) is 3.42. The van der Waals surface area contributed by atoms with E-state index >= 15 is 0 Å². The monoisotopic (exact) mass is 374 g/mol. The number of hydrogen-bond acceptors (Lipinski definition) is 5. The first kappa shape index (κ1) is 16.5. The summed E-state index contributed by atoms with van der Waals surface area (Å²) in [5.74, 6) is 2.68. The van der Waals surface area contributed by atoms with E-state index in [0.717, 1.165) is 22.4 Å². The molecule has 0 aliphatic heterocycles. The quantitative estimate of drug-likeness (QED) is 0.502. The van der Waals surface area contributed by atoms with Crippen molar-refractivity contribution in [3.05, 3.63) is 60.8 Å². The lowest BCUT2D eigenvalue weighted by molar-refractivity contribution is 0.186. The van der Waals surface area contributed by atoms with Crippen LogP contribution in [0.3, 0.4) is 0 Å². The summed E-state index contributed by atoms with van der Waals surface area (Å²) >= 11 is 0. The second-order valence-corrected chi connectivity index (χ2v) is 6.63.